The van der Waals surface area contributed by atoms with Crippen LogP contribution in [0.15, 0.2) is 24.3 Å². The minimum Gasteiger partial charge on any atom is -0.335 e. The van der Waals surface area contributed by atoms with Crippen molar-refractivity contribution in [3.05, 3.63) is 47.3 Å². The van der Waals surface area contributed by atoms with Crippen molar-refractivity contribution >= 4 is 5.91 Å². The van der Waals surface area contributed by atoms with E-state index >= 15 is 0 Å². The molecule has 0 fully saturated rings. The number of benzene rings is 1. The van der Waals surface area contributed by atoms with Crippen LogP contribution in [-0.2, 0) is 13.0 Å². The van der Waals surface area contributed by atoms with E-state index in [-0.39, 0.29) is 17.5 Å². The van der Waals surface area contributed by atoms with Crippen molar-refractivity contribution in [3.8, 4) is 0 Å². The molecule has 2 aromatic rings. The van der Waals surface area contributed by atoms with Crippen LogP contribution in [0.5, 0.6) is 0 Å². The molecule has 1 aromatic heterocycles. The van der Waals surface area contributed by atoms with Gasteiger partial charge in [-0.1, -0.05) is 19.1 Å². The van der Waals surface area contributed by atoms with Gasteiger partial charge < -0.3 is 4.90 Å². The fraction of sp³-hybridized carbons (Fsp3) is 0.357. The highest BCUT2D eigenvalue weighted by Crippen LogP contribution is 2.08. The molecule has 6 heteroatoms. The van der Waals surface area contributed by atoms with Gasteiger partial charge >= 0.3 is 0 Å². The molecule has 0 saturated heterocycles. The standard InChI is InChI=1S/C14H17FN4O/c1-3-5-12-16-13(18-17-12)14(20)19(2)9-10-6-4-7-11(15)8-10/h4,6-8H,3,5,9H2,1-2H3,(H,16,17,18). The fourth-order valence-electron chi connectivity index (χ4n) is 1.89. The molecule has 0 bridgehead atoms. The van der Waals surface area contributed by atoms with Gasteiger partial charge in [0, 0.05) is 20.0 Å². The van der Waals surface area contributed by atoms with Crippen molar-refractivity contribution in [2.45, 2.75) is 26.3 Å². The summed E-state index contributed by atoms with van der Waals surface area (Å²) in [5.41, 5.74) is 0.727. The first-order chi connectivity index (χ1) is 9.60. The fourth-order valence-corrected chi connectivity index (χ4v) is 1.89. The maximum absolute atomic E-state index is 13.1. The predicted octanol–water partition coefficient (Wildman–Crippen LogP) is 2.17. The van der Waals surface area contributed by atoms with Crippen molar-refractivity contribution in [3.63, 3.8) is 0 Å². The zero-order valence-electron chi connectivity index (χ0n) is 11.6. The maximum Gasteiger partial charge on any atom is 0.293 e. The van der Waals surface area contributed by atoms with Gasteiger partial charge in [0.1, 0.15) is 11.6 Å². The number of carbonyl (C=O) groups excluding carboxylic acids is 1. The highest BCUT2D eigenvalue weighted by Gasteiger charge is 2.17. The molecule has 0 spiro atoms. The zero-order chi connectivity index (χ0) is 14.5. The zero-order valence-corrected chi connectivity index (χ0v) is 11.6. The molecule has 0 atom stereocenters. The summed E-state index contributed by atoms with van der Waals surface area (Å²) in [7, 11) is 1.64. The van der Waals surface area contributed by atoms with Gasteiger partial charge in [0.25, 0.3) is 5.91 Å². The smallest absolute Gasteiger partial charge is 0.293 e. The number of hydrogen-bond acceptors (Lipinski definition) is 3. The number of aromatic amines is 1. The Morgan fingerprint density at radius 1 is 1.45 bits per heavy atom. The van der Waals surface area contributed by atoms with Crippen LogP contribution < -0.4 is 0 Å². The average molecular weight is 276 g/mol. The van der Waals surface area contributed by atoms with E-state index in [0.29, 0.717) is 12.4 Å². The molecule has 1 heterocycles. The molecular formula is C14H17FN4O. The number of carbonyl (C=O) groups is 1. The van der Waals surface area contributed by atoms with E-state index in [0.717, 1.165) is 18.4 Å². The van der Waals surface area contributed by atoms with Gasteiger partial charge in [-0.25, -0.2) is 9.37 Å². The van der Waals surface area contributed by atoms with E-state index in [1.54, 1.807) is 19.2 Å². The molecule has 0 radical (unpaired) electrons. The Morgan fingerprint density at radius 2 is 2.25 bits per heavy atom. The molecule has 0 aliphatic rings. The number of rotatable bonds is 5. The van der Waals surface area contributed by atoms with Gasteiger partial charge in [0.2, 0.25) is 5.82 Å². The topological polar surface area (TPSA) is 61.9 Å². The minimum absolute atomic E-state index is 0.146. The number of hydrogen-bond donors (Lipinski definition) is 1. The van der Waals surface area contributed by atoms with Crippen molar-refractivity contribution in [2.75, 3.05) is 7.05 Å². The molecule has 0 aliphatic heterocycles. The second-order valence-electron chi connectivity index (χ2n) is 4.65. The van der Waals surface area contributed by atoms with Gasteiger partial charge in [-0.05, 0) is 24.1 Å². The summed E-state index contributed by atoms with van der Waals surface area (Å²) >= 11 is 0. The summed E-state index contributed by atoms with van der Waals surface area (Å²) in [5.74, 6) is 0.252. The van der Waals surface area contributed by atoms with Gasteiger partial charge in [-0.15, -0.1) is 5.10 Å². The monoisotopic (exact) mass is 276 g/mol. The van der Waals surface area contributed by atoms with Crippen molar-refractivity contribution in [1.29, 1.82) is 0 Å². The number of aryl methyl sites for hydroxylation is 1. The number of amides is 1. The van der Waals surface area contributed by atoms with Gasteiger partial charge in [0.15, 0.2) is 0 Å². The number of aromatic nitrogens is 3. The predicted molar refractivity (Wildman–Crippen MR) is 72.6 cm³/mol. The summed E-state index contributed by atoms with van der Waals surface area (Å²) in [6.45, 7) is 2.34. The second kappa shape index (κ2) is 6.27. The van der Waals surface area contributed by atoms with E-state index in [4.69, 9.17) is 0 Å². The molecule has 2 rings (SSSR count). The van der Waals surface area contributed by atoms with Crippen molar-refractivity contribution < 1.29 is 9.18 Å². The second-order valence-corrected chi connectivity index (χ2v) is 4.65. The molecule has 0 saturated carbocycles. The molecular weight excluding hydrogens is 259 g/mol. The lowest BCUT2D eigenvalue weighted by Crippen LogP contribution is -2.27. The normalized spacial score (nSPS) is 10.6. The maximum atomic E-state index is 13.1. The first-order valence-corrected chi connectivity index (χ1v) is 6.51. The van der Waals surface area contributed by atoms with Crippen LogP contribution in [0.4, 0.5) is 4.39 Å². The lowest BCUT2D eigenvalue weighted by Gasteiger charge is -2.15. The van der Waals surface area contributed by atoms with Gasteiger partial charge in [-0.3, -0.25) is 9.89 Å². The summed E-state index contributed by atoms with van der Waals surface area (Å²) < 4.78 is 13.1. The molecule has 106 valence electrons. The van der Waals surface area contributed by atoms with Crippen LogP contribution >= 0.6 is 0 Å². The molecule has 5 nitrogen and oxygen atoms in total. The van der Waals surface area contributed by atoms with E-state index in [9.17, 15) is 9.18 Å². The van der Waals surface area contributed by atoms with Crippen molar-refractivity contribution in [2.24, 2.45) is 0 Å². The molecule has 1 aromatic carbocycles. The lowest BCUT2D eigenvalue weighted by atomic mass is 10.2. The molecule has 0 unspecified atom stereocenters. The number of H-pyrrole nitrogens is 1. The van der Waals surface area contributed by atoms with Crippen molar-refractivity contribution in [1.82, 2.24) is 20.1 Å². The molecule has 1 amide bonds. The first-order valence-electron chi connectivity index (χ1n) is 6.51. The highest BCUT2D eigenvalue weighted by molar-refractivity contribution is 5.90. The van der Waals surface area contributed by atoms with Crippen LogP contribution in [0.25, 0.3) is 0 Å². The number of nitrogens with zero attached hydrogens (tertiary/aromatic N) is 3. The van der Waals surface area contributed by atoms with Gasteiger partial charge in [0.05, 0.1) is 0 Å². The Labute approximate surface area is 116 Å². The van der Waals surface area contributed by atoms with E-state index in [2.05, 4.69) is 15.2 Å². The SMILES string of the molecule is CCCc1nc(C(=O)N(C)Cc2cccc(F)c2)n[nH]1. The Balaban J connectivity index is 2.04. The molecule has 20 heavy (non-hydrogen) atoms. The third kappa shape index (κ3) is 3.40. The quantitative estimate of drug-likeness (QED) is 0.910. The Bertz CT molecular complexity index is 596. The number of halogens is 1. The molecule has 1 N–H and O–H groups in total. The van der Waals surface area contributed by atoms with Crippen LogP contribution in [0, 0.1) is 5.82 Å². The summed E-state index contributed by atoms with van der Waals surface area (Å²) in [6, 6.07) is 6.17. The number of nitrogens with one attached hydrogen (secondary N) is 1. The first kappa shape index (κ1) is 14.2. The van der Waals surface area contributed by atoms with Crippen LogP contribution in [0.2, 0.25) is 0 Å². The summed E-state index contributed by atoms with van der Waals surface area (Å²) in [5, 5.41) is 6.66. The third-order valence-corrected chi connectivity index (χ3v) is 2.87. The Morgan fingerprint density at radius 3 is 2.95 bits per heavy atom. The Kier molecular flexibility index (Phi) is 4.45. The van der Waals surface area contributed by atoms with E-state index < -0.39 is 0 Å². The third-order valence-electron chi connectivity index (χ3n) is 2.87. The van der Waals surface area contributed by atoms with Crippen LogP contribution in [0.3, 0.4) is 0 Å². The largest absolute Gasteiger partial charge is 0.335 e. The summed E-state index contributed by atoms with van der Waals surface area (Å²) in [6.07, 6.45) is 1.69. The average Bonchev–Trinajstić information content (AvgIpc) is 2.87. The summed E-state index contributed by atoms with van der Waals surface area (Å²) in [4.78, 5) is 17.8. The minimum atomic E-state index is -0.313. The van der Waals surface area contributed by atoms with E-state index in [1.165, 1.54) is 17.0 Å². The van der Waals surface area contributed by atoms with Crippen LogP contribution in [-0.4, -0.2) is 33.0 Å². The van der Waals surface area contributed by atoms with Crippen LogP contribution in [0.1, 0.15) is 35.4 Å². The highest BCUT2D eigenvalue weighted by atomic mass is 19.1. The molecule has 0 aliphatic carbocycles. The van der Waals surface area contributed by atoms with Gasteiger partial charge in [-0.2, -0.15) is 0 Å². The Hall–Kier alpha value is -2.24. The lowest BCUT2D eigenvalue weighted by molar-refractivity contribution is 0.0773. The van der Waals surface area contributed by atoms with E-state index in [1.807, 2.05) is 6.92 Å².